The maximum atomic E-state index is 12.8. The Bertz CT molecular complexity index is 1210. The molecule has 3 aromatic rings. The van der Waals surface area contributed by atoms with Crippen LogP contribution in [-0.4, -0.2) is 35.3 Å². The molecule has 2 heterocycles. The van der Waals surface area contributed by atoms with Gasteiger partial charge in [0.2, 0.25) is 5.88 Å². The van der Waals surface area contributed by atoms with E-state index in [1.807, 2.05) is 54.3 Å². The van der Waals surface area contributed by atoms with E-state index in [0.717, 1.165) is 34.6 Å². The van der Waals surface area contributed by atoms with E-state index in [1.54, 1.807) is 0 Å². The lowest BCUT2D eigenvalue weighted by atomic mass is 9.91. The Morgan fingerprint density at radius 1 is 1.15 bits per heavy atom. The summed E-state index contributed by atoms with van der Waals surface area (Å²) in [4.78, 5) is 17.6. The molecule has 4 rings (SSSR count). The summed E-state index contributed by atoms with van der Waals surface area (Å²) in [7, 11) is 0. The molecule has 1 unspecified atom stereocenters. The first-order valence-corrected chi connectivity index (χ1v) is 10.7. The number of ether oxygens (including phenoxy) is 1. The number of rotatable bonds is 6. The molecule has 1 N–H and O–H groups in total. The maximum absolute atomic E-state index is 12.8. The van der Waals surface area contributed by atoms with Gasteiger partial charge in [-0.1, -0.05) is 43.0 Å². The zero-order valence-electron chi connectivity index (χ0n) is 18.5. The SMILES string of the molecule is C=C(C(=O)O)c1c(N2CCC(Oc3ccc(C(F)(F)F)cn3)C2)ccc(-c2ccccc2)c1C. The molecular formula is C26H23F3N2O3. The zero-order chi connectivity index (χ0) is 24.5. The van der Waals surface area contributed by atoms with Crippen LogP contribution in [0.15, 0.2) is 67.4 Å². The molecule has 0 bridgehead atoms. The molecule has 1 aromatic heterocycles. The molecular weight excluding hydrogens is 445 g/mol. The summed E-state index contributed by atoms with van der Waals surface area (Å²) in [5.41, 5.74) is 3.16. The van der Waals surface area contributed by atoms with E-state index in [9.17, 15) is 23.1 Å². The van der Waals surface area contributed by atoms with Gasteiger partial charge in [-0.2, -0.15) is 13.2 Å². The van der Waals surface area contributed by atoms with Crippen molar-refractivity contribution in [2.24, 2.45) is 0 Å². The quantitative estimate of drug-likeness (QED) is 0.461. The van der Waals surface area contributed by atoms with Gasteiger partial charge in [-0.3, -0.25) is 0 Å². The van der Waals surface area contributed by atoms with E-state index in [-0.39, 0.29) is 17.6 Å². The lowest BCUT2D eigenvalue weighted by molar-refractivity contribution is -0.138. The number of carbonyl (C=O) groups is 1. The summed E-state index contributed by atoms with van der Waals surface area (Å²) < 4.78 is 44.1. The fourth-order valence-corrected chi connectivity index (χ4v) is 4.21. The molecule has 1 fully saturated rings. The van der Waals surface area contributed by atoms with Gasteiger partial charge in [-0.15, -0.1) is 0 Å². The van der Waals surface area contributed by atoms with Gasteiger partial charge in [0.25, 0.3) is 0 Å². The summed E-state index contributed by atoms with van der Waals surface area (Å²) in [6.45, 7) is 6.72. The minimum absolute atomic E-state index is 0.000874. The van der Waals surface area contributed by atoms with Crippen molar-refractivity contribution in [2.75, 3.05) is 18.0 Å². The van der Waals surface area contributed by atoms with E-state index in [1.165, 1.54) is 6.07 Å². The zero-order valence-corrected chi connectivity index (χ0v) is 18.5. The molecule has 1 atom stereocenters. The Morgan fingerprint density at radius 3 is 2.50 bits per heavy atom. The number of anilines is 1. The van der Waals surface area contributed by atoms with Crippen molar-refractivity contribution in [2.45, 2.75) is 25.6 Å². The normalized spacial score (nSPS) is 15.9. The third kappa shape index (κ3) is 4.76. The smallest absolute Gasteiger partial charge is 0.417 e. The number of hydrogen-bond donors (Lipinski definition) is 1. The number of aromatic nitrogens is 1. The molecule has 5 nitrogen and oxygen atoms in total. The fraction of sp³-hybridized carbons (Fsp3) is 0.231. The highest BCUT2D eigenvalue weighted by Crippen LogP contribution is 2.38. The Hall–Kier alpha value is -3.81. The first-order valence-electron chi connectivity index (χ1n) is 10.7. The summed E-state index contributed by atoms with van der Waals surface area (Å²) in [5.74, 6) is -0.985. The van der Waals surface area contributed by atoms with Crippen molar-refractivity contribution >= 4 is 17.2 Å². The van der Waals surface area contributed by atoms with Crippen LogP contribution in [0.5, 0.6) is 5.88 Å². The van der Waals surface area contributed by atoms with Crippen LogP contribution in [0.1, 0.15) is 23.1 Å². The van der Waals surface area contributed by atoms with Crippen LogP contribution in [0.25, 0.3) is 16.7 Å². The molecule has 0 radical (unpaired) electrons. The van der Waals surface area contributed by atoms with Gasteiger partial charge in [0, 0.05) is 36.5 Å². The van der Waals surface area contributed by atoms with Crippen molar-refractivity contribution in [1.82, 2.24) is 4.98 Å². The van der Waals surface area contributed by atoms with Crippen molar-refractivity contribution in [3.05, 3.63) is 84.1 Å². The van der Waals surface area contributed by atoms with Crippen molar-refractivity contribution in [1.29, 1.82) is 0 Å². The highest BCUT2D eigenvalue weighted by molar-refractivity contribution is 6.17. The molecule has 176 valence electrons. The van der Waals surface area contributed by atoms with Crippen LogP contribution >= 0.6 is 0 Å². The number of carboxylic acids is 1. The molecule has 0 aliphatic carbocycles. The van der Waals surface area contributed by atoms with Crippen molar-refractivity contribution in [3.63, 3.8) is 0 Å². The lowest BCUT2D eigenvalue weighted by Gasteiger charge is -2.25. The van der Waals surface area contributed by atoms with Crippen LogP contribution in [0.2, 0.25) is 0 Å². The fourth-order valence-electron chi connectivity index (χ4n) is 4.21. The molecule has 1 saturated heterocycles. The summed E-state index contributed by atoms with van der Waals surface area (Å²) in [6.07, 6.45) is -3.39. The number of benzene rings is 2. The minimum Gasteiger partial charge on any atom is -0.478 e. The van der Waals surface area contributed by atoms with E-state index < -0.39 is 17.7 Å². The highest BCUT2D eigenvalue weighted by Gasteiger charge is 2.32. The molecule has 1 aliphatic rings. The Labute approximate surface area is 195 Å². The van der Waals surface area contributed by atoms with Gasteiger partial charge < -0.3 is 14.7 Å². The lowest BCUT2D eigenvalue weighted by Crippen LogP contribution is -2.26. The highest BCUT2D eigenvalue weighted by atomic mass is 19.4. The standard InChI is InChI=1S/C26H23F3N2O3/c1-16-21(18-6-4-3-5-7-18)9-10-22(24(16)17(2)25(32)33)31-13-12-20(15-31)34-23-11-8-19(14-30-23)26(27,28)29/h3-11,14,20H,2,12-13,15H2,1H3,(H,32,33). The molecule has 34 heavy (non-hydrogen) atoms. The average molecular weight is 468 g/mol. The van der Waals surface area contributed by atoms with Crippen LogP contribution in [-0.2, 0) is 11.0 Å². The van der Waals surface area contributed by atoms with E-state index in [2.05, 4.69) is 11.6 Å². The number of pyridine rings is 1. The van der Waals surface area contributed by atoms with Crippen molar-refractivity contribution < 1.29 is 27.8 Å². The third-order valence-corrected chi connectivity index (χ3v) is 5.92. The summed E-state index contributed by atoms with van der Waals surface area (Å²) >= 11 is 0. The third-order valence-electron chi connectivity index (χ3n) is 5.92. The minimum atomic E-state index is -4.46. The second-order valence-corrected chi connectivity index (χ2v) is 8.14. The number of alkyl halides is 3. The van der Waals surface area contributed by atoms with Crippen molar-refractivity contribution in [3.8, 4) is 17.0 Å². The Balaban J connectivity index is 1.59. The monoisotopic (exact) mass is 468 g/mol. The first kappa shape index (κ1) is 23.4. The van der Waals surface area contributed by atoms with Gasteiger partial charge in [0.1, 0.15) is 6.10 Å². The topological polar surface area (TPSA) is 62.7 Å². The van der Waals surface area contributed by atoms with Gasteiger partial charge >= 0.3 is 12.1 Å². The molecule has 0 amide bonds. The van der Waals surface area contributed by atoms with Crippen LogP contribution < -0.4 is 9.64 Å². The molecule has 8 heteroatoms. The largest absolute Gasteiger partial charge is 0.478 e. The second kappa shape index (κ2) is 9.21. The van der Waals surface area contributed by atoms with Crippen LogP contribution in [0.3, 0.4) is 0 Å². The van der Waals surface area contributed by atoms with Gasteiger partial charge in [0.05, 0.1) is 17.7 Å². The Kier molecular flexibility index (Phi) is 6.32. The number of carboxylic acid groups (broad SMARTS) is 1. The van der Waals surface area contributed by atoms with Gasteiger partial charge in [-0.25, -0.2) is 9.78 Å². The predicted molar refractivity (Wildman–Crippen MR) is 124 cm³/mol. The maximum Gasteiger partial charge on any atom is 0.417 e. The first-order chi connectivity index (χ1) is 16.1. The van der Waals surface area contributed by atoms with E-state index >= 15 is 0 Å². The Morgan fingerprint density at radius 2 is 1.88 bits per heavy atom. The number of aliphatic carboxylic acids is 1. The molecule has 0 spiro atoms. The predicted octanol–water partition coefficient (Wildman–Crippen LogP) is 5.83. The van der Waals surface area contributed by atoms with E-state index in [0.29, 0.717) is 25.1 Å². The number of hydrogen-bond acceptors (Lipinski definition) is 4. The molecule has 0 saturated carbocycles. The number of halogens is 3. The van der Waals surface area contributed by atoms with Gasteiger partial charge in [-0.05, 0) is 35.7 Å². The van der Waals surface area contributed by atoms with Gasteiger partial charge in [0.15, 0.2) is 0 Å². The van der Waals surface area contributed by atoms with Crippen LogP contribution in [0, 0.1) is 6.92 Å². The van der Waals surface area contributed by atoms with Crippen LogP contribution in [0.4, 0.5) is 18.9 Å². The second-order valence-electron chi connectivity index (χ2n) is 8.14. The molecule has 2 aromatic carbocycles. The molecule has 1 aliphatic heterocycles. The number of nitrogens with zero attached hydrogens (tertiary/aromatic N) is 2. The average Bonchev–Trinajstić information content (AvgIpc) is 3.27. The summed E-state index contributed by atoms with van der Waals surface area (Å²) in [6, 6.07) is 15.7. The van der Waals surface area contributed by atoms with E-state index in [4.69, 9.17) is 4.74 Å². The summed E-state index contributed by atoms with van der Waals surface area (Å²) in [5, 5.41) is 9.68.